The molecule has 0 fully saturated rings. The van der Waals surface area contributed by atoms with E-state index in [0.717, 1.165) is 0 Å². The lowest BCUT2D eigenvalue weighted by Gasteiger charge is -2.10. The fourth-order valence-corrected chi connectivity index (χ4v) is 1.94. The lowest BCUT2D eigenvalue weighted by Crippen LogP contribution is -2.16. The van der Waals surface area contributed by atoms with Gasteiger partial charge in [-0.15, -0.1) is 0 Å². The first-order valence-electron chi connectivity index (χ1n) is 5.70. The van der Waals surface area contributed by atoms with Crippen molar-refractivity contribution in [1.82, 2.24) is 4.98 Å². The molecule has 0 radical (unpaired) electrons. The smallest absolute Gasteiger partial charge is 0.268 e. The zero-order valence-electron chi connectivity index (χ0n) is 10.7. The molecule has 0 spiro atoms. The number of nitrogens with zero attached hydrogens (tertiary/aromatic N) is 3. The number of nitrogen functional groups attached to an aromatic ring is 1. The summed E-state index contributed by atoms with van der Waals surface area (Å²) in [6.07, 6.45) is 0. The van der Waals surface area contributed by atoms with Gasteiger partial charge >= 0.3 is 0 Å². The first-order chi connectivity index (χ1) is 10.4. The van der Waals surface area contributed by atoms with E-state index in [-0.39, 0.29) is 11.4 Å². The van der Waals surface area contributed by atoms with E-state index in [1.54, 1.807) is 6.07 Å². The van der Waals surface area contributed by atoms with Crippen LogP contribution in [0.4, 0.5) is 14.6 Å². The Morgan fingerprint density at radius 1 is 1.00 bits per heavy atom. The average molecular weight is 297 g/mol. The number of hydrogen-bond donors (Lipinski definition) is 2. The minimum Gasteiger partial charge on any atom is -0.384 e. The third-order valence-electron chi connectivity index (χ3n) is 2.91. The predicted octanol–water partition coefficient (Wildman–Crippen LogP) is 1.52. The van der Waals surface area contributed by atoms with Crippen LogP contribution >= 0.6 is 0 Å². The van der Waals surface area contributed by atoms with Crippen molar-refractivity contribution in [3.05, 3.63) is 50.8 Å². The maximum Gasteiger partial charge on any atom is 0.268 e. The molecule has 0 amide bonds. The number of nitrogens with two attached hydrogens (primary N) is 1. The van der Waals surface area contributed by atoms with Crippen LogP contribution in [-0.2, 0) is 0 Å². The third-order valence-corrected chi connectivity index (χ3v) is 2.91. The molecule has 0 saturated heterocycles. The van der Waals surface area contributed by atoms with Crippen LogP contribution in [0.5, 0.6) is 0 Å². The molecule has 0 aliphatic heterocycles. The van der Waals surface area contributed by atoms with Crippen LogP contribution in [0.15, 0.2) is 16.9 Å². The molecule has 1 aromatic carbocycles. The fraction of sp³-hybridized carbons (Fsp3) is 0. The number of aromatic nitrogens is 1. The van der Waals surface area contributed by atoms with Crippen LogP contribution in [0, 0.1) is 45.6 Å². The summed E-state index contributed by atoms with van der Waals surface area (Å²) in [7, 11) is 0. The molecule has 0 aliphatic carbocycles. The van der Waals surface area contributed by atoms with Gasteiger partial charge in [-0.1, -0.05) is 0 Å². The van der Waals surface area contributed by atoms with Gasteiger partial charge in [0.1, 0.15) is 46.8 Å². The van der Waals surface area contributed by atoms with Gasteiger partial charge in [0.2, 0.25) is 0 Å². The van der Waals surface area contributed by atoms with Gasteiger partial charge < -0.3 is 10.7 Å². The van der Waals surface area contributed by atoms with Crippen molar-refractivity contribution >= 4 is 5.82 Å². The Hall–Kier alpha value is -3.70. The summed E-state index contributed by atoms with van der Waals surface area (Å²) in [6.45, 7) is 0. The number of aromatic amines is 1. The second kappa shape index (κ2) is 5.35. The van der Waals surface area contributed by atoms with E-state index in [1.165, 1.54) is 12.1 Å². The van der Waals surface area contributed by atoms with Crippen molar-refractivity contribution in [2.24, 2.45) is 0 Å². The van der Waals surface area contributed by atoms with Gasteiger partial charge in [-0.2, -0.15) is 15.8 Å². The SMILES string of the molecule is N#Cc1cc(F)c(-c2c(C#N)c(N)[nH]c(=O)c2C#N)cc1F. The Morgan fingerprint density at radius 2 is 1.64 bits per heavy atom. The molecule has 0 saturated carbocycles. The van der Waals surface area contributed by atoms with Crippen LogP contribution < -0.4 is 11.3 Å². The van der Waals surface area contributed by atoms with Gasteiger partial charge in [-0.25, -0.2) is 8.78 Å². The number of nitriles is 3. The molecule has 3 N–H and O–H groups in total. The number of anilines is 1. The molecule has 8 heteroatoms. The number of benzene rings is 1. The monoisotopic (exact) mass is 297 g/mol. The number of rotatable bonds is 1. The van der Waals surface area contributed by atoms with Crippen molar-refractivity contribution in [3.8, 4) is 29.3 Å². The van der Waals surface area contributed by atoms with Gasteiger partial charge in [-0.3, -0.25) is 4.79 Å². The molecule has 22 heavy (non-hydrogen) atoms. The van der Waals surface area contributed by atoms with E-state index < -0.39 is 39.4 Å². The number of hydrogen-bond acceptors (Lipinski definition) is 5. The summed E-state index contributed by atoms with van der Waals surface area (Å²) >= 11 is 0. The van der Waals surface area contributed by atoms with Crippen molar-refractivity contribution < 1.29 is 8.78 Å². The third kappa shape index (κ3) is 2.13. The number of pyridine rings is 1. The van der Waals surface area contributed by atoms with E-state index in [0.29, 0.717) is 12.1 Å². The quantitative estimate of drug-likeness (QED) is 0.823. The van der Waals surface area contributed by atoms with Crippen LogP contribution in [0.25, 0.3) is 11.1 Å². The lowest BCUT2D eigenvalue weighted by atomic mass is 9.95. The summed E-state index contributed by atoms with van der Waals surface area (Å²) < 4.78 is 27.8. The average Bonchev–Trinajstić information content (AvgIpc) is 2.48. The van der Waals surface area contributed by atoms with E-state index >= 15 is 0 Å². The molecule has 2 aromatic rings. The number of H-pyrrole nitrogens is 1. The lowest BCUT2D eigenvalue weighted by molar-refractivity contribution is 0.599. The van der Waals surface area contributed by atoms with Crippen molar-refractivity contribution in [2.45, 2.75) is 0 Å². The summed E-state index contributed by atoms with van der Waals surface area (Å²) in [4.78, 5) is 13.8. The molecule has 6 nitrogen and oxygen atoms in total. The van der Waals surface area contributed by atoms with Crippen molar-refractivity contribution in [1.29, 1.82) is 15.8 Å². The molecule has 0 unspecified atom stereocenters. The zero-order valence-corrected chi connectivity index (χ0v) is 10.7. The van der Waals surface area contributed by atoms with Gasteiger partial charge in [0.15, 0.2) is 0 Å². The van der Waals surface area contributed by atoms with E-state index in [9.17, 15) is 13.6 Å². The zero-order chi connectivity index (χ0) is 16.4. The van der Waals surface area contributed by atoms with Gasteiger partial charge in [0, 0.05) is 11.1 Å². The standard InChI is InChI=1S/C14H5F2N5O/c15-10-2-7(11(16)1-6(10)3-17)12-8(4-18)13(20)21-14(22)9(12)5-19/h1-2H,(H3,20,21,22). The van der Waals surface area contributed by atoms with Crippen LogP contribution in [0.3, 0.4) is 0 Å². The number of nitrogens with one attached hydrogen (secondary N) is 1. The van der Waals surface area contributed by atoms with Crippen molar-refractivity contribution in [2.75, 3.05) is 5.73 Å². The molecule has 106 valence electrons. The maximum atomic E-state index is 14.1. The Kier molecular flexibility index (Phi) is 3.58. The minimum atomic E-state index is -1.06. The Bertz CT molecular complexity index is 973. The molecule has 2 rings (SSSR count). The minimum absolute atomic E-state index is 0.362. The fourth-order valence-electron chi connectivity index (χ4n) is 1.94. The van der Waals surface area contributed by atoms with E-state index in [2.05, 4.69) is 4.98 Å². The summed E-state index contributed by atoms with van der Waals surface area (Å²) in [5, 5.41) is 26.8. The van der Waals surface area contributed by atoms with E-state index in [1.807, 2.05) is 0 Å². The van der Waals surface area contributed by atoms with Crippen molar-refractivity contribution in [3.63, 3.8) is 0 Å². The molecule has 1 heterocycles. The second-order valence-corrected chi connectivity index (χ2v) is 4.14. The highest BCUT2D eigenvalue weighted by Crippen LogP contribution is 2.31. The molecule has 0 aliphatic rings. The van der Waals surface area contributed by atoms with E-state index in [4.69, 9.17) is 21.5 Å². The number of halogens is 2. The first-order valence-corrected chi connectivity index (χ1v) is 5.70. The second-order valence-electron chi connectivity index (χ2n) is 4.14. The predicted molar refractivity (Wildman–Crippen MR) is 71.0 cm³/mol. The molecule has 1 aromatic heterocycles. The largest absolute Gasteiger partial charge is 0.384 e. The Morgan fingerprint density at radius 3 is 2.18 bits per heavy atom. The Labute approximate surface area is 122 Å². The Balaban J connectivity index is 3.00. The summed E-state index contributed by atoms with van der Waals surface area (Å²) in [5.41, 5.74) is 2.16. The molecular weight excluding hydrogens is 292 g/mol. The van der Waals surface area contributed by atoms with Gasteiger partial charge in [-0.05, 0) is 12.1 Å². The maximum absolute atomic E-state index is 14.1. The summed E-state index contributed by atoms with van der Waals surface area (Å²) in [5.74, 6) is -2.48. The molecule has 0 atom stereocenters. The van der Waals surface area contributed by atoms with Crippen LogP contribution in [0.2, 0.25) is 0 Å². The van der Waals surface area contributed by atoms with Gasteiger partial charge in [0.05, 0.1) is 5.56 Å². The van der Waals surface area contributed by atoms with Crippen LogP contribution in [0.1, 0.15) is 16.7 Å². The highest BCUT2D eigenvalue weighted by Gasteiger charge is 2.22. The van der Waals surface area contributed by atoms with Gasteiger partial charge in [0.25, 0.3) is 5.56 Å². The highest BCUT2D eigenvalue weighted by atomic mass is 19.1. The molecule has 0 bridgehead atoms. The normalized spacial score (nSPS) is 9.59. The first kappa shape index (κ1) is 14.7. The topological polar surface area (TPSA) is 130 Å². The summed E-state index contributed by atoms with van der Waals surface area (Å²) in [6, 6.07) is 5.89. The highest BCUT2D eigenvalue weighted by molar-refractivity contribution is 5.80. The van der Waals surface area contributed by atoms with Crippen LogP contribution in [-0.4, -0.2) is 4.98 Å². The molecular formula is C14H5F2N5O.